The first-order chi connectivity index (χ1) is 7.18. The first-order valence-corrected chi connectivity index (χ1v) is 6.12. The number of nitrogens with zero attached hydrogens (tertiary/aromatic N) is 1. The van der Waals surface area contributed by atoms with Crippen LogP contribution in [0.15, 0.2) is 0 Å². The molecule has 0 bridgehead atoms. The molecule has 0 saturated carbocycles. The number of rotatable bonds is 3. The molecule has 0 aliphatic carbocycles. The number of likely N-dealkylation sites (tertiary alicyclic amines) is 1. The molecule has 0 unspecified atom stereocenters. The summed E-state index contributed by atoms with van der Waals surface area (Å²) in [6, 6.07) is 0. The van der Waals surface area contributed by atoms with Crippen LogP contribution in [0.25, 0.3) is 0 Å². The van der Waals surface area contributed by atoms with Crippen LogP contribution in [-0.4, -0.2) is 36.1 Å². The Bertz CT molecular complexity index is 253. The number of esters is 1. The van der Waals surface area contributed by atoms with E-state index in [1.54, 1.807) is 0 Å². The van der Waals surface area contributed by atoms with Crippen LogP contribution in [0.4, 0.5) is 0 Å². The van der Waals surface area contributed by atoms with Gasteiger partial charge in [0, 0.05) is 13.1 Å². The largest absolute Gasteiger partial charge is 0.460 e. The second-order valence-corrected chi connectivity index (χ2v) is 6.53. The fourth-order valence-electron chi connectivity index (χ4n) is 2.06. The van der Waals surface area contributed by atoms with Gasteiger partial charge in [-0.3, -0.25) is 4.79 Å². The van der Waals surface area contributed by atoms with Gasteiger partial charge in [-0.15, -0.1) is 0 Å². The summed E-state index contributed by atoms with van der Waals surface area (Å²) in [6.07, 6.45) is 1.73. The highest BCUT2D eigenvalue weighted by Gasteiger charge is 2.29. The highest BCUT2D eigenvalue weighted by Crippen LogP contribution is 2.28. The lowest BCUT2D eigenvalue weighted by atomic mass is 9.93. The minimum Gasteiger partial charge on any atom is -0.460 e. The summed E-state index contributed by atoms with van der Waals surface area (Å²) in [5.41, 5.74) is 0.0509. The molecule has 1 rings (SSSR count). The molecule has 1 aliphatic rings. The predicted molar refractivity (Wildman–Crippen MR) is 65.3 cm³/mol. The average molecular weight is 227 g/mol. The summed E-state index contributed by atoms with van der Waals surface area (Å²) < 4.78 is 5.28. The van der Waals surface area contributed by atoms with E-state index in [0.717, 1.165) is 19.6 Å². The van der Waals surface area contributed by atoms with Crippen LogP contribution in [0.3, 0.4) is 0 Å². The van der Waals surface area contributed by atoms with Crippen LogP contribution >= 0.6 is 0 Å². The first kappa shape index (κ1) is 13.5. The van der Waals surface area contributed by atoms with E-state index in [2.05, 4.69) is 18.7 Å². The Labute approximate surface area is 99.1 Å². The molecule has 0 aromatic carbocycles. The van der Waals surface area contributed by atoms with Crippen molar-refractivity contribution in [3.8, 4) is 0 Å². The van der Waals surface area contributed by atoms with Gasteiger partial charge < -0.3 is 9.64 Å². The Morgan fingerprint density at radius 2 is 2.00 bits per heavy atom. The first-order valence-electron chi connectivity index (χ1n) is 6.12. The molecule has 0 amide bonds. The zero-order chi connectivity index (χ0) is 12.4. The Kier molecular flexibility index (Phi) is 4.00. The quantitative estimate of drug-likeness (QED) is 0.694. The van der Waals surface area contributed by atoms with Gasteiger partial charge in [-0.1, -0.05) is 13.8 Å². The molecule has 3 nitrogen and oxygen atoms in total. The van der Waals surface area contributed by atoms with Gasteiger partial charge in [-0.05, 0) is 39.2 Å². The minimum absolute atomic E-state index is 0.0859. The van der Waals surface area contributed by atoms with Crippen molar-refractivity contribution in [3.05, 3.63) is 0 Å². The minimum atomic E-state index is -0.360. The van der Waals surface area contributed by atoms with Gasteiger partial charge in [0.15, 0.2) is 0 Å². The summed E-state index contributed by atoms with van der Waals surface area (Å²) in [5, 5.41) is 0. The standard InChI is InChI=1S/C13H25NO2/c1-12(2,3)16-11(15)6-8-14-9-7-13(4,5)10-14/h6-10H2,1-5H3. The van der Waals surface area contributed by atoms with Crippen molar-refractivity contribution < 1.29 is 9.53 Å². The smallest absolute Gasteiger partial charge is 0.307 e. The van der Waals surface area contributed by atoms with Gasteiger partial charge >= 0.3 is 5.97 Å². The number of ether oxygens (including phenoxy) is 1. The summed E-state index contributed by atoms with van der Waals surface area (Å²) in [5.74, 6) is -0.0859. The van der Waals surface area contributed by atoms with Crippen molar-refractivity contribution >= 4 is 5.97 Å². The zero-order valence-electron chi connectivity index (χ0n) is 11.3. The number of carbonyl (C=O) groups is 1. The summed E-state index contributed by atoms with van der Waals surface area (Å²) in [7, 11) is 0. The Balaban J connectivity index is 2.23. The Morgan fingerprint density at radius 1 is 1.38 bits per heavy atom. The van der Waals surface area contributed by atoms with Crippen molar-refractivity contribution in [2.24, 2.45) is 5.41 Å². The van der Waals surface area contributed by atoms with E-state index in [9.17, 15) is 4.79 Å². The van der Waals surface area contributed by atoms with Crippen LogP contribution in [0.5, 0.6) is 0 Å². The molecule has 94 valence electrons. The number of carbonyl (C=O) groups excluding carboxylic acids is 1. The molecule has 1 saturated heterocycles. The van der Waals surface area contributed by atoms with Gasteiger partial charge in [-0.2, -0.15) is 0 Å². The van der Waals surface area contributed by atoms with E-state index in [1.807, 2.05) is 20.8 Å². The monoisotopic (exact) mass is 227 g/mol. The van der Waals surface area contributed by atoms with E-state index in [-0.39, 0.29) is 11.6 Å². The molecule has 1 fully saturated rings. The lowest BCUT2D eigenvalue weighted by Gasteiger charge is -2.22. The number of hydrogen-bond acceptors (Lipinski definition) is 3. The second kappa shape index (κ2) is 4.74. The summed E-state index contributed by atoms with van der Waals surface area (Å²) in [6.45, 7) is 13.3. The third kappa shape index (κ3) is 4.97. The molecule has 0 spiro atoms. The molecule has 1 aliphatic heterocycles. The maximum absolute atomic E-state index is 11.5. The molecule has 0 radical (unpaired) electrons. The second-order valence-electron chi connectivity index (χ2n) is 6.53. The van der Waals surface area contributed by atoms with Gasteiger partial charge in [0.05, 0.1) is 6.42 Å². The van der Waals surface area contributed by atoms with Crippen LogP contribution in [0.2, 0.25) is 0 Å². The molecular weight excluding hydrogens is 202 g/mol. The lowest BCUT2D eigenvalue weighted by Crippen LogP contribution is -2.29. The molecule has 0 atom stereocenters. The van der Waals surface area contributed by atoms with Crippen LogP contribution in [0, 0.1) is 5.41 Å². The molecule has 0 aromatic rings. The third-order valence-electron chi connectivity index (χ3n) is 2.81. The van der Waals surface area contributed by atoms with Crippen molar-refractivity contribution in [1.82, 2.24) is 4.90 Å². The third-order valence-corrected chi connectivity index (χ3v) is 2.81. The zero-order valence-corrected chi connectivity index (χ0v) is 11.3. The maximum Gasteiger partial charge on any atom is 0.307 e. The number of hydrogen-bond donors (Lipinski definition) is 0. The van der Waals surface area contributed by atoms with Crippen molar-refractivity contribution in [2.45, 2.75) is 53.1 Å². The molecule has 16 heavy (non-hydrogen) atoms. The molecule has 0 aromatic heterocycles. The van der Waals surface area contributed by atoms with Crippen LogP contribution in [0.1, 0.15) is 47.5 Å². The van der Waals surface area contributed by atoms with Crippen LogP contribution < -0.4 is 0 Å². The van der Waals surface area contributed by atoms with Crippen molar-refractivity contribution in [2.75, 3.05) is 19.6 Å². The van der Waals surface area contributed by atoms with E-state index in [4.69, 9.17) is 4.74 Å². The highest BCUT2D eigenvalue weighted by molar-refractivity contribution is 5.70. The average Bonchev–Trinajstić information content (AvgIpc) is 2.39. The van der Waals surface area contributed by atoms with Crippen molar-refractivity contribution in [3.63, 3.8) is 0 Å². The predicted octanol–water partition coefficient (Wildman–Crippen LogP) is 2.45. The van der Waals surface area contributed by atoms with E-state index < -0.39 is 0 Å². The molecule has 0 N–H and O–H groups in total. The summed E-state index contributed by atoms with van der Waals surface area (Å²) >= 11 is 0. The van der Waals surface area contributed by atoms with E-state index in [0.29, 0.717) is 11.8 Å². The Hall–Kier alpha value is -0.570. The van der Waals surface area contributed by atoms with Crippen LogP contribution in [-0.2, 0) is 9.53 Å². The summed E-state index contributed by atoms with van der Waals surface area (Å²) in [4.78, 5) is 13.9. The normalized spacial score (nSPS) is 21.1. The fourth-order valence-corrected chi connectivity index (χ4v) is 2.06. The van der Waals surface area contributed by atoms with Gasteiger partial charge in [0.1, 0.15) is 5.60 Å². The topological polar surface area (TPSA) is 29.5 Å². The SMILES string of the molecule is CC1(C)CCN(CCC(=O)OC(C)(C)C)C1. The Morgan fingerprint density at radius 3 is 2.44 bits per heavy atom. The van der Waals surface area contributed by atoms with Gasteiger partial charge in [0.2, 0.25) is 0 Å². The molecule has 1 heterocycles. The van der Waals surface area contributed by atoms with Gasteiger partial charge in [0.25, 0.3) is 0 Å². The fraction of sp³-hybridized carbons (Fsp3) is 0.923. The van der Waals surface area contributed by atoms with Gasteiger partial charge in [-0.25, -0.2) is 0 Å². The highest BCUT2D eigenvalue weighted by atomic mass is 16.6. The molecular formula is C13H25NO2. The van der Waals surface area contributed by atoms with Crippen molar-refractivity contribution in [1.29, 1.82) is 0 Å². The van der Waals surface area contributed by atoms with E-state index >= 15 is 0 Å². The maximum atomic E-state index is 11.5. The lowest BCUT2D eigenvalue weighted by molar-refractivity contribution is -0.155. The molecule has 3 heteroatoms. The van der Waals surface area contributed by atoms with E-state index in [1.165, 1.54) is 6.42 Å².